The molecule has 3 aromatic rings. The molecular formula is C27H27Cl2N3O2. The summed E-state index contributed by atoms with van der Waals surface area (Å²) >= 11 is 12.7. The van der Waals surface area contributed by atoms with Crippen LogP contribution in [0.25, 0.3) is 11.1 Å². The molecule has 0 bridgehead atoms. The van der Waals surface area contributed by atoms with Crippen LogP contribution in [0.3, 0.4) is 0 Å². The van der Waals surface area contributed by atoms with Crippen LogP contribution >= 0.6 is 23.2 Å². The van der Waals surface area contributed by atoms with E-state index in [1.165, 1.54) is 4.90 Å². The van der Waals surface area contributed by atoms with Crippen LogP contribution in [0.4, 0.5) is 5.69 Å². The van der Waals surface area contributed by atoms with E-state index in [0.717, 1.165) is 54.6 Å². The van der Waals surface area contributed by atoms with Gasteiger partial charge in [-0.3, -0.25) is 14.5 Å². The van der Waals surface area contributed by atoms with E-state index < -0.39 is 0 Å². The van der Waals surface area contributed by atoms with Gasteiger partial charge in [0.1, 0.15) is 11.7 Å². The Morgan fingerprint density at radius 2 is 1.76 bits per heavy atom. The number of anilines is 1. The van der Waals surface area contributed by atoms with Crippen molar-refractivity contribution in [2.45, 2.75) is 45.2 Å². The lowest BCUT2D eigenvalue weighted by Gasteiger charge is -2.26. The van der Waals surface area contributed by atoms with Crippen molar-refractivity contribution in [2.75, 3.05) is 18.0 Å². The number of unbranched alkanes of at least 4 members (excludes halogenated alkanes) is 1. The zero-order valence-corrected chi connectivity index (χ0v) is 20.6. The number of carbonyl (C=O) groups is 2. The van der Waals surface area contributed by atoms with Gasteiger partial charge in [-0.2, -0.15) is 0 Å². The lowest BCUT2D eigenvalue weighted by atomic mass is 10.1. The number of hydrogen-bond acceptors (Lipinski definition) is 3. The summed E-state index contributed by atoms with van der Waals surface area (Å²) in [4.78, 5) is 31.1. The Morgan fingerprint density at radius 1 is 1.00 bits per heavy atom. The minimum atomic E-state index is -0.324. The summed E-state index contributed by atoms with van der Waals surface area (Å²) < 4.78 is 1.98. The molecule has 0 aliphatic carbocycles. The number of nitrogens with zero attached hydrogens (tertiary/aromatic N) is 3. The molecular weight excluding hydrogens is 469 g/mol. The summed E-state index contributed by atoms with van der Waals surface area (Å²) in [7, 11) is 0. The zero-order valence-electron chi connectivity index (χ0n) is 19.1. The van der Waals surface area contributed by atoms with Crippen LogP contribution in [0.2, 0.25) is 10.0 Å². The van der Waals surface area contributed by atoms with Crippen LogP contribution in [-0.4, -0.2) is 40.4 Å². The van der Waals surface area contributed by atoms with E-state index in [9.17, 15) is 9.59 Å². The van der Waals surface area contributed by atoms with E-state index in [0.29, 0.717) is 28.8 Å². The van der Waals surface area contributed by atoms with E-state index >= 15 is 0 Å². The second kappa shape index (κ2) is 9.47. The summed E-state index contributed by atoms with van der Waals surface area (Å²) in [5, 5.41) is 1.29. The first-order valence-electron chi connectivity index (χ1n) is 11.8. The normalized spacial score (nSPS) is 17.7. The molecule has 2 amide bonds. The highest BCUT2D eigenvalue weighted by Crippen LogP contribution is 2.44. The average Bonchev–Trinajstić information content (AvgIpc) is 3.43. The molecule has 3 heterocycles. The molecule has 7 heteroatoms. The summed E-state index contributed by atoms with van der Waals surface area (Å²) in [6.07, 6.45) is 5.37. The fourth-order valence-electron chi connectivity index (χ4n) is 5.07. The van der Waals surface area contributed by atoms with Crippen molar-refractivity contribution in [3.63, 3.8) is 0 Å². The summed E-state index contributed by atoms with van der Waals surface area (Å²) in [5.74, 6) is -0.314. The van der Waals surface area contributed by atoms with Gasteiger partial charge in [-0.15, -0.1) is 0 Å². The molecule has 0 radical (unpaired) electrons. The number of halogens is 2. The third kappa shape index (κ3) is 4.01. The van der Waals surface area contributed by atoms with Gasteiger partial charge in [-0.1, -0.05) is 66.9 Å². The van der Waals surface area contributed by atoms with E-state index in [2.05, 4.69) is 11.8 Å². The third-order valence-corrected chi connectivity index (χ3v) is 7.34. The number of rotatable bonds is 6. The van der Waals surface area contributed by atoms with Gasteiger partial charge < -0.3 is 9.47 Å². The Hall–Kier alpha value is -2.76. The van der Waals surface area contributed by atoms with Gasteiger partial charge in [-0.05, 0) is 43.0 Å². The third-order valence-electron chi connectivity index (χ3n) is 6.76. The van der Waals surface area contributed by atoms with Gasteiger partial charge in [0.2, 0.25) is 0 Å². The van der Waals surface area contributed by atoms with Gasteiger partial charge in [0.15, 0.2) is 0 Å². The van der Waals surface area contributed by atoms with Gasteiger partial charge in [0.05, 0.1) is 5.69 Å². The Morgan fingerprint density at radius 3 is 2.50 bits per heavy atom. The van der Waals surface area contributed by atoms with Crippen LogP contribution in [0.15, 0.2) is 54.7 Å². The first-order valence-corrected chi connectivity index (χ1v) is 12.6. The first-order chi connectivity index (χ1) is 16.5. The highest BCUT2D eigenvalue weighted by atomic mass is 35.5. The molecule has 1 fully saturated rings. The quantitative estimate of drug-likeness (QED) is 0.379. The van der Waals surface area contributed by atoms with Crippen LogP contribution in [0, 0.1) is 0 Å². The van der Waals surface area contributed by atoms with Gasteiger partial charge in [-0.25, -0.2) is 0 Å². The monoisotopic (exact) mass is 495 g/mol. The van der Waals surface area contributed by atoms with Gasteiger partial charge in [0.25, 0.3) is 11.8 Å². The highest BCUT2D eigenvalue weighted by molar-refractivity contribution is 6.33. The molecule has 176 valence electrons. The lowest BCUT2D eigenvalue weighted by Crippen LogP contribution is -2.46. The second-order valence-electron chi connectivity index (χ2n) is 8.97. The number of fused-ring (bicyclic) bond motifs is 3. The van der Waals surface area contributed by atoms with Crippen LogP contribution in [0.5, 0.6) is 0 Å². The summed E-state index contributed by atoms with van der Waals surface area (Å²) in [6.45, 7) is 3.73. The standard InChI is InChI=1S/C27H27Cl2N3O2/c1-2-3-14-32-26(33)23-9-6-15-31(23)24-21(20-7-4-5-8-22(20)29)17-30(25(24)27(32)34)16-18-10-12-19(28)13-11-18/h4-5,7-8,10-13,17,23H,2-3,6,9,14-16H2,1H3. The van der Waals surface area contributed by atoms with Crippen molar-refractivity contribution in [3.05, 3.63) is 76.0 Å². The lowest BCUT2D eigenvalue weighted by molar-refractivity contribution is -0.129. The van der Waals surface area contributed by atoms with Crippen molar-refractivity contribution >= 4 is 40.7 Å². The van der Waals surface area contributed by atoms with Crippen LogP contribution in [0.1, 0.15) is 48.7 Å². The molecule has 0 saturated carbocycles. The van der Waals surface area contributed by atoms with Crippen LogP contribution < -0.4 is 4.90 Å². The minimum Gasteiger partial charge on any atom is -0.357 e. The Bertz CT molecular complexity index is 1240. The predicted molar refractivity (Wildman–Crippen MR) is 137 cm³/mol. The SMILES string of the molecule is CCCCN1C(=O)c2c(c(-c3ccccc3Cl)cn2Cc2ccc(Cl)cc2)N2CCCC2C1=O. The molecule has 5 rings (SSSR count). The fraction of sp³-hybridized carbons (Fsp3) is 0.333. The van der Waals surface area contributed by atoms with E-state index in [4.69, 9.17) is 23.2 Å². The number of aromatic nitrogens is 1. The van der Waals surface area contributed by atoms with Crippen LogP contribution in [-0.2, 0) is 11.3 Å². The minimum absolute atomic E-state index is 0.0877. The molecule has 2 aliphatic rings. The molecule has 0 spiro atoms. The number of imide groups is 1. The number of hydrogen-bond donors (Lipinski definition) is 0. The second-order valence-corrected chi connectivity index (χ2v) is 9.82. The number of benzene rings is 2. The van der Waals surface area contributed by atoms with Crippen molar-refractivity contribution in [1.29, 1.82) is 0 Å². The van der Waals surface area contributed by atoms with Crippen molar-refractivity contribution in [3.8, 4) is 11.1 Å². The van der Waals surface area contributed by atoms with Gasteiger partial charge >= 0.3 is 0 Å². The molecule has 2 aliphatic heterocycles. The molecule has 1 unspecified atom stereocenters. The van der Waals surface area contributed by atoms with Crippen molar-refractivity contribution < 1.29 is 9.59 Å². The molecule has 2 aromatic carbocycles. The van der Waals surface area contributed by atoms with Crippen molar-refractivity contribution in [2.24, 2.45) is 0 Å². The molecule has 1 saturated heterocycles. The molecule has 1 atom stereocenters. The van der Waals surface area contributed by atoms with Crippen molar-refractivity contribution in [1.82, 2.24) is 9.47 Å². The predicted octanol–water partition coefficient (Wildman–Crippen LogP) is 6.26. The molecule has 1 aromatic heterocycles. The zero-order chi connectivity index (χ0) is 23.8. The maximum absolute atomic E-state index is 14.0. The maximum Gasteiger partial charge on any atom is 0.279 e. The number of amides is 2. The Kier molecular flexibility index (Phi) is 6.41. The first kappa shape index (κ1) is 23.0. The Balaban J connectivity index is 1.72. The molecule has 34 heavy (non-hydrogen) atoms. The smallest absolute Gasteiger partial charge is 0.279 e. The Labute approximate surface area is 209 Å². The van der Waals surface area contributed by atoms with E-state index in [1.807, 2.05) is 59.3 Å². The average molecular weight is 496 g/mol. The van der Waals surface area contributed by atoms with Gasteiger partial charge in [0, 0.05) is 47.0 Å². The fourth-order valence-corrected chi connectivity index (χ4v) is 5.44. The highest BCUT2D eigenvalue weighted by Gasteiger charge is 2.44. The molecule has 5 nitrogen and oxygen atoms in total. The molecule has 0 N–H and O–H groups in total. The summed E-state index contributed by atoms with van der Waals surface area (Å²) in [5.41, 5.74) is 4.15. The number of carbonyl (C=O) groups excluding carboxylic acids is 2. The maximum atomic E-state index is 14.0. The van der Waals surface area contributed by atoms with E-state index in [1.54, 1.807) is 0 Å². The summed E-state index contributed by atoms with van der Waals surface area (Å²) in [6, 6.07) is 15.0. The van der Waals surface area contributed by atoms with E-state index in [-0.39, 0.29) is 17.9 Å². The topological polar surface area (TPSA) is 45.6 Å². The largest absolute Gasteiger partial charge is 0.357 e.